The molecular formula is C51H74O16. The van der Waals surface area contributed by atoms with E-state index in [-0.39, 0.29) is 19.8 Å². The average molecular weight is 943 g/mol. The largest absolute Gasteiger partial charge is 0.491 e. The van der Waals surface area contributed by atoms with Gasteiger partial charge < -0.3 is 61.6 Å². The number of esters is 2. The molecule has 0 bridgehead atoms. The van der Waals surface area contributed by atoms with Crippen molar-refractivity contribution in [2.75, 3.05) is 139 Å². The molecule has 0 saturated carbocycles. The highest BCUT2D eigenvalue weighted by Gasteiger charge is 2.10. The monoisotopic (exact) mass is 942 g/mol. The van der Waals surface area contributed by atoms with E-state index in [1.54, 1.807) is 36.4 Å². The summed E-state index contributed by atoms with van der Waals surface area (Å²) < 4.78 is 71.3. The van der Waals surface area contributed by atoms with Gasteiger partial charge >= 0.3 is 11.9 Å². The second-order valence-corrected chi connectivity index (χ2v) is 14.9. The summed E-state index contributed by atoms with van der Waals surface area (Å²) in [6.45, 7) is 10.7. The highest BCUT2D eigenvalue weighted by molar-refractivity contribution is 5.90. The predicted molar refractivity (Wildman–Crippen MR) is 251 cm³/mol. The predicted octanol–water partition coefficient (Wildman–Crippen LogP) is 7.51. The fourth-order valence-corrected chi connectivity index (χ4v) is 6.04. The lowest BCUT2D eigenvalue weighted by atomic mass is 10.0. The van der Waals surface area contributed by atoms with Gasteiger partial charge in [-0.3, -0.25) is 4.79 Å². The van der Waals surface area contributed by atoms with Crippen LogP contribution >= 0.6 is 0 Å². The zero-order chi connectivity index (χ0) is 47.5. The third-order valence-corrected chi connectivity index (χ3v) is 9.62. The maximum Gasteiger partial charge on any atom is 0.338 e. The second-order valence-electron chi connectivity index (χ2n) is 14.9. The molecule has 16 heteroatoms. The van der Waals surface area contributed by atoms with Crippen molar-refractivity contribution >= 4 is 18.2 Å². The number of hydrogen-bond donors (Lipinski definition) is 0. The van der Waals surface area contributed by atoms with Crippen LogP contribution in [0.4, 0.5) is 0 Å². The Bertz CT molecular complexity index is 1640. The topological polar surface area (TPSA) is 171 Å². The lowest BCUT2D eigenvalue weighted by molar-refractivity contribution is -0.110. The first-order valence-corrected chi connectivity index (χ1v) is 23.7. The average Bonchev–Trinajstić information content (AvgIpc) is 3.35. The molecule has 0 radical (unpaired) electrons. The lowest BCUT2D eigenvalue weighted by Gasteiger charge is -2.09. The molecule has 0 heterocycles. The van der Waals surface area contributed by atoms with E-state index in [0.29, 0.717) is 148 Å². The summed E-state index contributed by atoms with van der Waals surface area (Å²) >= 11 is 0. The van der Waals surface area contributed by atoms with Crippen LogP contribution in [0.3, 0.4) is 0 Å². The van der Waals surface area contributed by atoms with Crippen LogP contribution in [0.15, 0.2) is 72.8 Å². The number of carbonyl (C=O) groups excluding carboxylic acids is 3. The summed E-state index contributed by atoms with van der Waals surface area (Å²) in [7, 11) is 0. The van der Waals surface area contributed by atoms with Gasteiger partial charge in [-0.05, 0) is 79.1 Å². The summed E-state index contributed by atoms with van der Waals surface area (Å²) in [5.74, 6) is 0.766. The Morgan fingerprint density at radius 3 is 1.13 bits per heavy atom. The Morgan fingerprint density at radius 2 is 0.731 bits per heavy atom. The Hall–Kier alpha value is -4.49. The highest BCUT2D eigenvalue weighted by Crippen LogP contribution is 2.23. The number of carbonyl (C=O) groups is 3. The van der Waals surface area contributed by atoms with Crippen molar-refractivity contribution in [3.8, 4) is 17.2 Å². The van der Waals surface area contributed by atoms with E-state index >= 15 is 0 Å². The quantitative estimate of drug-likeness (QED) is 0.0309. The summed E-state index contributed by atoms with van der Waals surface area (Å²) in [4.78, 5) is 34.5. The smallest absolute Gasteiger partial charge is 0.338 e. The molecule has 3 aromatic carbocycles. The van der Waals surface area contributed by atoms with E-state index in [1.807, 2.05) is 12.1 Å². The third-order valence-electron chi connectivity index (χ3n) is 9.62. The van der Waals surface area contributed by atoms with Crippen LogP contribution in [-0.4, -0.2) is 157 Å². The van der Waals surface area contributed by atoms with Crippen molar-refractivity contribution in [2.24, 2.45) is 0 Å². The Labute approximate surface area is 397 Å². The molecule has 0 aliphatic heterocycles. The van der Waals surface area contributed by atoms with Gasteiger partial charge in [-0.2, -0.15) is 0 Å². The molecule has 3 rings (SSSR count). The van der Waals surface area contributed by atoms with E-state index in [2.05, 4.69) is 19.1 Å². The minimum Gasteiger partial charge on any atom is -0.491 e. The molecule has 0 atom stereocenters. The third kappa shape index (κ3) is 30.5. The van der Waals surface area contributed by atoms with Gasteiger partial charge in [0.2, 0.25) is 0 Å². The summed E-state index contributed by atoms with van der Waals surface area (Å²) in [6, 6.07) is 21.1. The molecule has 16 nitrogen and oxygen atoms in total. The molecule has 67 heavy (non-hydrogen) atoms. The molecule has 0 fully saturated rings. The summed E-state index contributed by atoms with van der Waals surface area (Å²) in [5.41, 5.74) is 2.03. The molecule has 0 amide bonds. The normalized spacial score (nSPS) is 11.1. The first-order valence-electron chi connectivity index (χ1n) is 23.7. The molecule has 0 spiro atoms. The van der Waals surface area contributed by atoms with Crippen molar-refractivity contribution in [1.82, 2.24) is 0 Å². The zero-order valence-corrected chi connectivity index (χ0v) is 39.5. The zero-order valence-electron chi connectivity index (χ0n) is 39.5. The van der Waals surface area contributed by atoms with Gasteiger partial charge in [0.05, 0.1) is 130 Å². The first-order chi connectivity index (χ1) is 33.1. The van der Waals surface area contributed by atoms with Gasteiger partial charge in [-0.1, -0.05) is 57.6 Å². The van der Waals surface area contributed by atoms with Crippen molar-refractivity contribution in [3.05, 3.63) is 89.5 Å². The molecular weight excluding hydrogens is 869 g/mol. The minimum absolute atomic E-state index is 0.0963. The van der Waals surface area contributed by atoms with Gasteiger partial charge in [0.1, 0.15) is 37.1 Å². The van der Waals surface area contributed by atoms with Crippen molar-refractivity contribution in [3.63, 3.8) is 0 Å². The van der Waals surface area contributed by atoms with Crippen LogP contribution in [-0.2, 0) is 63.3 Å². The molecule has 3 aromatic rings. The van der Waals surface area contributed by atoms with Crippen LogP contribution in [0.5, 0.6) is 17.2 Å². The number of aryl methyl sites for hydroxylation is 1. The number of rotatable bonds is 45. The minimum atomic E-state index is -0.600. The first kappa shape index (κ1) is 56.8. The van der Waals surface area contributed by atoms with Gasteiger partial charge in [0.15, 0.2) is 6.29 Å². The molecule has 0 aliphatic rings. The second kappa shape index (κ2) is 40.6. The van der Waals surface area contributed by atoms with Gasteiger partial charge in [0, 0.05) is 0 Å². The SMILES string of the molecule is CCCCCCCCCc1ccc(OCCOCCOCCOCCOCCOCCOCCOCCOCCOCCOC(=O)c2ccc(Oc3ccc(C(=O)OCC=O)cc3)cc2)cc1. The standard InChI is InChI=1S/C51H74O16/c1-2-3-4-5-6-7-8-9-44-10-16-47(17-11-44)64-42-40-62-38-36-60-34-32-58-30-28-56-26-24-55-25-27-57-29-31-59-33-35-61-37-39-63-41-43-66-51(54)46-14-20-49(21-15-46)67-48-18-12-45(13-19-48)50(53)65-23-22-52/h10-22H,2-9,23-43H2,1H3. The van der Waals surface area contributed by atoms with E-state index in [1.165, 1.54) is 62.6 Å². The maximum atomic E-state index is 12.3. The Balaban J connectivity index is 0.964. The number of hydrogen-bond acceptors (Lipinski definition) is 16. The molecule has 0 aliphatic carbocycles. The molecule has 0 unspecified atom stereocenters. The highest BCUT2D eigenvalue weighted by atomic mass is 16.6. The van der Waals surface area contributed by atoms with Crippen LogP contribution in [0.25, 0.3) is 0 Å². The van der Waals surface area contributed by atoms with Gasteiger partial charge in [0.25, 0.3) is 0 Å². The van der Waals surface area contributed by atoms with Crippen LogP contribution < -0.4 is 9.47 Å². The van der Waals surface area contributed by atoms with Gasteiger partial charge in [-0.25, -0.2) is 9.59 Å². The van der Waals surface area contributed by atoms with E-state index in [4.69, 9.17) is 61.6 Å². The molecule has 0 N–H and O–H groups in total. The van der Waals surface area contributed by atoms with Crippen molar-refractivity contribution in [1.29, 1.82) is 0 Å². The number of benzene rings is 3. The number of unbranched alkanes of at least 4 members (excludes halogenated alkanes) is 6. The van der Waals surface area contributed by atoms with E-state index < -0.39 is 11.9 Å². The van der Waals surface area contributed by atoms with Crippen molar-refractivity contribution < 1.29 is 76.0 Å². The van der Waals surface area contributed by atoms with E-state index in [9.17, 15) is 14.4 Å². The fourth-order valence-electron chi connectivity index (χ4n) is 6.04. The Morgan fingerprint density at radius 1 is 0.388 bits per heavy atom. The summed E-state index contributed by atoms with van der Waals surface area (Å²) in [5, 5.41) is 0. The fraction of sp³-hybridized carbons (Fsp3) is 0.588. The van der Waals surface area contributed by atoms with Gasteiger partial charge in [-0.15, -0.1) is 0 Å². The molecule has 374 valence electrons. The maximum absolute atomic E-state index is 12.3. The number of aldehydes is 1. The summed E-state index contributed by atoms with van der Waals surface area (Å²) in [6.07, 6.45) is 10.9. The van der Waals surface area contributed by atoms with Crippen molar-refractivity contribution in [2.45, 2.75) is 58.3 Å². The van der Waals surface area contributed by atoms with Crippen LogP contribution in [0, 0.1) is 0 Å². The Kier molecular flexibility index (Phi) is 34.4. The van der Waals surface area contributed by atoms with Crippen LogP contribution in [0.1, 0.15) is 78.1 Å². The molecule has 0 saturated heterocycles. The molecule has 0 aromatic heterocycles. The number of ether oxygens (including phenoxy) is 13. The van der Waals surface area contributed by atoms with Crippen LogP contribution in [0.2, 0.25) is 0 Å². The lowest BCUT2D eigenvalue weighted by Crippen LogP contribution is -2.15. The van der Waals surface area contributed by atoms with E-state index in [0.717, 1.165) is 12.2 Å².